The molecule has 21 heavy (non-hydrogen) atoms. The second kappa shape index (κ2) is 6.37. The molecule has 0 aromatic heterocycles. The highest BCUT2D eigenvalue weighted by atomic mass is 35.5. The highest BCUT2D eigenvalue weighted by molar-refractivity contribution is 6.31. The van der Waals surface area contributed by atoms with E-state index in [2.05, 4.69) is 5.32 Å². The van der Waals surface area contributed by atoms with E-state index in [9.17, 15) is 15.0 Å². The summed E-state index contributed by atoms with van der Waals surface area (Å²) in [6.07, 6.45) is 0. The number of halogens is 1. The van der Waals surface area contributed by atoms with Gasteiger partial charge < -0.3 is 20.3 Å². The first-order chi connectivity index (χ1) is 10.0. The van der Waals surface area contributed by atoms with Crippen molar-refractivity contribution in [3.8, 4) is 17.2 Å². The number of amides is 1. The topological polar surface area (TPSA) is 78.8 Å². The van der Waals surface area contributed by atoms with Gasteiger partial charge in [-0.1, -0.05) is 17.7 Å². The third kappa shape index (κ3) is 3.58. The molecule has 6 heteroatoms. The Morgan fingerprint density at radius 1 is 1.19 bits per heavy atom. The first-order valence-corrected chi connectivity index (χ1v) is 6.51. The molecule has 0 radical (unpaired) electrons. The number of hydrogen-bond donors (Lipinski definition) is 3. The van der Waals surface area contributed by atoms with Crippen LogP contribution in [-0.4, -0.2) is 23.2 Å². The number of methoxy groups -OCH3 is 1. The van der Waals surface area contributed by atoms with Crippen molar-refractivity contribution in [2.45, 2.75) is 6.54 Å². The van der Waals surface area contributed by atoms with Crippen LogP contribution in [0.3, 0.4) is 0 Å². The van der Waals surface area contributed by atoms with E-state index in [1.807, 2.05) is 0 Å². The van der Waals surface area contributed by atoms with Gasteiger partial charge in [-0.05, 0) is 35.9 Å². The Hall–Kier alpha value is -2.40. The number of nitrogens with one attached hydrogen (secondary N) is 1. The third-order valence-electron chi connectivity index (χ3n) is 2.90. The van der Waals surface area contributed by atoms with E-state index >= 15 is 0 Å². The number of phenolic OH excluding ortho intramolecular Hbond substituents is 2. The SMILES string of the molecule is COc1cc(CNC(=O)c2cc(Cl)ccc2O)ccc1O. The maximum Gasteiger partial charge on any atom is 0.255 e. The molecule has 0 fully saturated rings. The number of ether oxygens (including phenoxy) is 1. The summed E-state index contributed by atoms with van der Waals surface area (Å²) in [6, 6.07) is 9.02. The number of hydrogen-bond acceptors (Lipinski definition) is 4. The molecule has 3 N–H and O–H groups in total. The van der Waals surface area contributed by atoms with Crippen LogP contribution >= 0.6 is 11.6 Å². The first kappa shape index (κ1) is 15.0. The zero-order chi connectivity index (χ0) is 15.4. The molecule has 0 spiro atoms. The van der Waals surface area contributed by atoms with Crippen LogP contribution in [0.1, 0.15) is 15.9 Å². The quantitative estimate of drug-likeness (QED) is 0.811. The van der Waals surface area contributed by atoms with Crippen LogP contribution in [0.15, 0.2) is 36.4 Å². The Kier molecular flexibility index (Phi) is 4.55. The van der Waals surface area contributed by atoms with Gasteiger partial charge in [0.1, 0.15) is 5.75 Å². The Balaban J connectivity index is 2.09. The summed E-state index contributed by atoms with van der Waals surface area (Å²) in [5.74, 6) is -0.227. The van der Waals surface area contributed by atoms with Gasteiger partial charge in [0.25, 0.3) is 5.91 Å². The molecule has 0 heterocycles. The summed E-state index contributed by atoms with van der Waals surface area (Å²) in [7, 11) is 1.45. The van der Waals surface area contributed by atoms with Crippen LogP contribution in [0.4, 0.5) is 0 Å². The van der Waals surface area contributed by atoms with E-state index in [0.717, 1.165) is 5.56 Å². The van der Waals surface area contributed by atoms with E-state index in [0.29, 0.717) is 10.8 Å². The zero-order valence-electron chi connectivity index (χ0n) is 11.3. The van der Waals surface area contributed by atoms with Gasteiger partial charge in [0, 0.05) is 11.6 Å². The monoisotopic (exact) mass is 307 g/mol. The van der Waals surface area contributed by atoms with Crippen LogP contribution in [0.25, 0.3) is 0 Å². The Bertz CT molecular complexity index is 673. The predicted octanol–water partition coefficient (Wildman–Crippen LogP) is 2.69. The largest absolute Gasteiger partial charge is 0.507 e. The lowest BCUT2D eigenvalue weighted by Gasteiger charge is -2.09. The standard InChI is InChI=1S/C15H14ClNO4/c1-21-14-6-9(2-4-13(14)19)8-17-15(20)11-7-10(16)3-5-12(11)18/h2-7,18-19H,8H2,1H3,(H,17,20). The molecule has 5 nitrogen and oxygen atoms in total. The second-order valence-electron chi connectivity index (χ2n) is 4.35. The molecule has 0 saturated heterocycles. The van der Waals surface area contributed by atoms with Crippen LogP contribution in [0, 0.1) is 0 Å². The van der Waals surface area contributed by atoms with Crippen molar-refractivity contribution in [1.29, 1.82) is 0 Å². The number of carbonyl (C=O) groups excluding carboxylic acids is 1. The molecule has 2 aromatic rings. The number of phenols is 2. The molecule has 110 valence electrons. The minimum atomic E-state index is -0.443. The van der Waals surface area contributed by atoms with Gasteiger partial charge in [-0.15, -0.1) is 0 Å². The van der Waals surface area contributed by atoms with Crippen molar-refractivity contribution in [3.05, 3.63) is 52.5 Å². The number of benzene rings is 2. The smallest absolute Gasteiger partial charge is 0.255 e. The van der Waals surface area contributed by atoms with Crippen molar-refractivity contribution >= 4 is 17.5 Å². The lowest BCUT2D eigenvalue weighted by atomic mass is 10.1. The lowest BCUT2D eigenvalue weighted by molar-refractivity contribution is 0.0948. The lowest BCUT2D eigenvalue weighted by Crippen LogP contribution is -2.22. The zero-order valence-corrected chi connectivity index (χ0v) is 12.0. The van der Waals surface area contributed by atoms with Crippen molar-refractivity contribution in [3.63, 3.8) is 0 Å². The van der Waals surface area contributed by atoms with E-state index in [1.54, 1.807) is 12.1 Å². The van der Waals surface area contributed by atoms with Crippen molar-refractivity contribution in [2.75, 3.05) is 7.11 Å². The van der Waals surface area contributed by atoms with Crippen LogP contribution in [0.2, 0.25) is 5.02 Å². The minimum Gasteiger partial charge on any atom is -0.507 e. The van der Waals surface area contributed by atoms with Crippen molar-refractivity contribution in [2.24, 2.45) is 0 Å². The van der Waals surface area contributed by atoms with E-state index < -0.39 is 5.91 Å². The molecule has 2 aromatic carbocycles. The molecule has 0 aliphatic rings. The molecule has 0 atom stereocenters. The van der Waals surface area contributed by atoms with Gasteiger partial charge in [-0.25, -0.2) is 0 Å². The molecular formula is C15H14ClNO4. The maximum absolute atomic E-state index is 12.0. The highest BCUT2D eigenvalue weighted by Gasteiger charge is 2.12. The average molecular weight is 308 g/mol. The predicted molar refractivity (Wildman–Crippen MR) is 78.9 cm³/mol. The van der Waals surface area contributed by atoms with Crippen LogP contribution in [-0.2, 0) is 6.54 Å². The molecular weight excluding hydrogens is 294 g/mol. The molecule has 0 unspecified atom stereocenters. The van der Waals surface area contributed by atoms with Crippen LogP contribution in [0.5, 0.6) is 17.2 Å². The molecule has 0 bridgehead atoms. The minimum absolute atomic E-state index is 0.0278. The second-order valence-corrected chi connectivity index (χ2v) is 4.79. The van der Waals surface area contributed by atoms with Gasteiger partial charge >= 0.3 is 0 Å². The van der Waals surface area contributed by atoms with E-state index in [-0.39, 0.29) is 23.6 Å². The van der Waals surface area contributed by atoms with Crippen molar-refractivity contribution < 1.29 is 19.7 Å². The number of carbonyl (C=O) groups is 1. The summed E-state index contributed by atoms with van der Waals surface area (Å²) in [5, 5.41) is 22.2. The Morgan fingerprint density at radius 2 is 1.90 bits per heavy atom. The summed E-state index contributed by atoms with van der Waals surface area (Å²) in [4.78, 5) is 12.0. The summed E-state index contributed by atoms with van der Waals surface area (Å²) >= 11 is 5.80. The van der Waals surface area contributed by atoms with Crippen molar-refractivity contribution in [1.82, 2.24) is 5.32 Å². The van der Waals surface area contributed by atoms with Gasteiger partial charge in [0.15, 0.2) is 11.5 Å². The fourth-order valence-corrected chi connectivity index (χ4v) is 1.97. The first-order valence-electron chi connectivity index (χ1n) is 6.14. The Labute approximate surface area is 126 Å². The fourth-order valence-electron chi connectivity index (χ4n) is 1.80. The van der Waals surface area contributed by atoms with E-state index in [4.69, 9.17) is 16.3 Å². The highest BCUT2D eigenvalue weighted by Crippen LogP contribution is 2.26. The molecule has 0 aliphatic carbocycles. The third-order valence-corrected chi connectivity index (χ3v) is 3.14. The normalized spacial score (nSPS) is 10.2. The van der Waals surface area contributed by atoms with Gasteiger partial charge in [0.2, 0.25) is 0 Å². The molecule has 2 rings (SSSR count). The number of rotatable bonds is 4. The van der Waals surface area contributed by atoms with Gasteiger partial charge in [-0.3, -0.25) is 4.79 Å². The van der Waals surface area contributed by atoms with E-state index in [1.165, 1.54) is 31.4 Å². The average Bonchev–Trinajstić information content (AvgIpc) is 2.48. The molecule has 1 amide bonds. The van der Waals surface area contributed by atoms with Gasteiger partial charge in [-0.2, -0.15) is 0 Å². The Morgan fingerprint density at radius 3 is 2.62 bits per heavy atom. The molecule has 0 saturated carbocycles. The summed E-state index contributed by atoms with van der Waals surface area (Å²) < 4.78 is 4.99. The molecule has 0 aliphatic heterocycles. The van der Waals surface area contributed by atoms with Gasteiger partial charge in [0.05, 0.1) is 12.7 Å². The van der Waals surface area contributed by atoms with Crippen LogP contribution < -0.4 is 10.1 Å². The number of aromatic hydroxyl groups is 2. The summed E-state index contributed by atoms with van der Waals surface area (Å²) in [5.41, 5.74) is 0.854. The maximum atomic E-state index is 12.0. The fraction of sp³-hybridized carbons (Fsp3) is 0.133. The summed E-state index contributed by atoms with van der Waals surface area (Å²) in [6.45, 7) is 0.224.